The highest BCUT2D eigenvalue weighted by Crippen LogP contribution is 2.24. The van der Waals surface area contributed by atoms with Crippen LogP contribution in [0.15, 0.2) is 47.3 Å². The number of pyridine rings is 1. The summed E-state index contributed by atoms with van der Waals surface area (Å²) in [7, 11) is 0. The zero-order valence-electron chi connectivity index (χ0n) is 11.8. The third-order valence-electron chi connectivity index (χ3n) is 3.78. The van der Waals surface area contributed by atoms with Crippen molar-refractivity contribution in [1.82, 2.24) is 10.3 Å². The number of amides is 1. The molecule has 4 heteroatoms. The van der Waals surface area contributed by atoms with Crippen molar-refractivity contribution in [3.05, 3.63) is 52.9 Å². The number of thiophene rings is 1. The van der Waals surface area contributed by atoms with Crippen LogP contribution in [0.1, 0.15) is 24.8 Å². The van der Waals surface area contributed by atoms with Crippen molar-refractivity contribution in [1.29, 1.82) is 0 Å². The third kappa shape index (κ3) is 3.39. The monoisotopic (exact) mass is 298 g/mol. The van der Waals surface area contributed by atoms with Crippen molar-refractivity contribution in [2.24, 2.45) is 5.92 Å². The molecule has 3 nitrogen and oxygen atoms in total. The van der Waals surface area contributed by atoms with Crippen molar-refractivity contribution < 1.29 is 4.79 Å². The number of rotatable bonds is 4. The summed E-state index contributed by atoms with van der Waals surface area (Å²) in [6.07, 6.45) is 8.87. The number of allylic oxidation sites excluding steroid dienone is 2. The maximum atomic E-state index is 12.2. The maximum absolute atomic E-state index is 12.2. The van der Waals surface area contributed by atoms with Crippen molar-refractivity contribution in [3.63, 3.8) is 0 Å². The van der Waals surface area contributed by atoms with Crippen LogP contribution < -0.4 is 5.32 Å². The van der Waals surface area contributed by atoms with E-state index in [9.17, 15) is 4.79 Å². The highest BCUT2D eigenvalue weighted by atomic mass is 32.1. The number of carbonyl (C=O) groups excluding carboxylic acids is 1. The largest absolute Gasteiger partial charge is 0.352 e. The molecule has 0 bridgehead atoms. The summed E-state index contributed by atoms with van der Waals surface area (Å²) < 4.78 is 0. The molecule has 1 aliphatic rings. The summed E-state index contributed by atoms with van der Waals surface area (Å²) in [5.74, 6) is 0.274. The lowest BCUT2D eigenvalue weighted by molar-refractivity contribution is -0.125. The summed E-state index contributed by atoms with van der Waals surface area (Å²) in [5.41, 5.74) is 3.14. The smallest absolute Gasteiger partial charge is 0.223 e. The fourth-order valence-corrected chi connectivity index (χ4v) is 3.24. The van der Waals surface area contributed by atoms with Crippen LogP contribution >= 0.6 is 11.3 Å². The Morgan fingerprint density at radius 3 is 3.10 bits per heavy atom. The molecule has 21 heavy (non-hydrogen) atoms. The zero-order valence-corrected chi connectivity index (χ0v) is 12.6. The van der Waals surface area contributed by atoms with Gasteiger partial charge in [-0.05, 0) is 42.3 Å². The number of carbonyl (C=O) groups is 1. The number of nitrogens with one attached hydrogen (secondary N) is 1. The molecule has 0 fully saturated rings. The van der Waals surface area contributed by atoms with E-state index < -0.39 is 0 Å². The van der Waals surface area contributed by atoms with Crippen LogP contribution in [0, 0.1) is 5.92 Å². The molecule has 0 aromatic carbocycles. The standard InChI is InChI=1S/C17H18N2OS/c20-17(13-5-2-1-3-6-13)19-11-14-7-4-9-18-16(14)15-8-10-21-12-15/h1-2,4,7-10,12-13H,3,5-6,11H2,(H,19,20). The van der Waals surface area contributed by atoms with Gasteiger partial charge in [-0.3, -0.25) is 9.78 Å². The molecule has 1 aliphatic carbocycles. The van der Waals surface area contributed by atoms with Crippen molar-refractivity contribution in [3.8, 4) is 11.3 Å². The number of aromatic nitrogens is 1. The van der Waals surface area contributed by atoms with Gasteiger partial charge in [-0.15, -0.1) is 0 Å². The lowest BCUT2D eigenvalue weighted by atomic mass is 9.93. The molecule has 0 saturated carbocycles. The molecule has 0 spiro atoms. The van der Waals surface area contributed by atoms with Crippen LogP contribution in [0.5, 0.6) is 0 Å². The minimum Gasteiger partial charge on any atom is -0.352 e. The molecule has 2 heterocycles. The molecule has 2 aromatic heterocycles. The second-order valence-corrected chi connectivity index (χ2v) is 6.00. The van der Waals surface area contributed by atoms with Crippen molar-refractivity contribution in [2.75, 3.05) is 0 Å². The van der Waals surface area contributed by atoms with E-state index in [1.165, 1.54) is 0 Å². The van der Waals surface area contributed by atoms with Gasteiger partial charge in [0.15, 0.2) is 0 Å². The van der Waals surface area contributed by atoms with Gasteiger partial charge < -0.3 is 5.32 Å². The van der Waals surface area contributed by atoms with E-state index in [-0.39, 0.29) is 11.8 Å². The second-order valence-electron chi connectivity index (χ2n) is 5.22. The number of hydrogen-bond donors (Lipinski definition) is 1. The second kappa shape index (κ2) is 6.68. The van der Waals surface area contributed by atoms with E-state index in [1.54, 1.807) is 17.5 Å². The van der Waals surface area contributed by atoms with E-state index in [0.29, 0.717) is 6.54 Å². The van der Waals surface area contributed by atoms with Crippen molar-refractivity contribution in [2.45, 2.75) is 25.8 Å². The summed E-state index contributed by atoms with van der Waals surface area (Å²) in [4.78, 5) is 16.7. The van der Waals surface area contributed by atoms with Crippen LogP contribution in [0.4, 0.5) is 0 Å². The third-order valence-corrected chi connectivity index (χ3v) is 4.46. The van der Waals surface area contributed by atoms with Gasteiger partial charge in [0.25, 0.3) is 0 Å². The topological polar surface area (TPSA) is 42.0 Å². The molecule has 0 saturated heterocycles. The van der Waals surface area contributed by atoms with Gasteiger partial charge in [0.05, 0.1) is 5.69 Å². The van der Waals surface area contributed by atoms with Gasteiger partial charge >= 0.3 is 0 Å². The van der Waals surface area contributed by atoms with E-state index in [2.05, 4.69) is 33.9 Å². The average Bonchev–Trinajstić information content (AvgIpc) is 3.08. The van der Waals surface area contributed by atoms with Gasteiger partial charge in [0.2, 0.25) is 5.91 Å². The predicted molar refractivity (Wildman–Crippen MR) is 85.9 cm³/mol. The van der Waals surface area contributed by atoms with E-state index in [0.717, 1.165) is 36.1 Å². The SMILES string of the molecule is O=C(NCc1cccnc1-c1ccsc1)C1CC=CCC1. The van der Waals surface area contributed by atoms with Gasteiger partial charge in [-0.25, -0.2) is 0 Å². The minimum atomic E-state index is 0.122. The fraction of sp³-hybridized carbons (Fsp3) is 0.294. The van der Waals surface area contributed by atoms with Gasteiger partial charge in [0.1, 0.15) is 0 Å². The van der Waals surface area contributed by atoms with E-state index in [4.69, 9.17) is 0 Å². The van der Waals surface area contributed by atoms with Gasteiger partial charge in [0, 0.05) is 29.6 Å². The Morgan fingerprint density at radius 2 is 2.33 bits per heavy atom. The number of hydrogen-bond acceptors (Lipinski definition) is 3. The summed E-state index contributed by atoms with van der Waals surface area (Å²) in [6, 6.07) is 6.01. The molecule has 3 rings (SSSR count). The normalized spacial score (nSPS) is 17.6. The van der Waals surface area contributed by atoms with Crippen LogP contribution in [-0.2, 0) is 11.3 Å². The highest BCUT2D eigenvalue weighted by molar-refractivity contribution is 7.08. The lowest BCUT2D eigenvalue weighted by Gasteiger charge is -2.17. The Kier molecular flexibility index (Phi) is 4.46. The first-order chi connectivity index (χ1) is 10.3. The quantitative estimate of drug-likeness (QED) is 0.873. The van der Waals surface area contributed by atoms with Crippen molar-refractivity contribution >= 4 is 17.2 Å². The minimum absolute atomic E-state index is 0.122. The summed E-state index contributed by atoms with van der Waals surface area (Å²) in [5, 5.41) is 7.19. The lowest BCUT2D eigenvalue weighted by Crippen LogP contribution is -2.30. The molecule has 0 radical (unpaired) electrons. The van der Waals surface area contributed by atoms with Gasteiger partial charge in [-0.2, -0.15) is 11.3 Å². The molecular weight excluding hydrogens is 280 g/mol. The summed E-state index contributed by atoms with van der Waals surface area (Å²) >= 11 is 1.66. The number of nitrogens with zero attached hydrogens (tertiary/aromatic N) is 1. The summed E-state index contributed by atoms with van der Waals surface area (Å²) in [6.45, 7) is 0.540. The van der Waals surface area contributed by atoms with Crippen LogP contribution in [0.3, 0.4) is 0 Å². The van der Waals surface area contributed by atoms with E-state index >= 15 is 0 Å². The Morgan fingerprint density at radius 1 is 1.38 bits per heavy atom. The first kappa shape index (κ1) is 14.0. The predicted octanol–water partition coefficient (Wildman–Crippen LogP) is 3.78. The van der Waals surface area contributed by atoms with Crippen LogP contribution in [0.25, 0.3) is 11.3 Å². The van der Waals surface area contributed by atoms with Crippen LogP contribution in [0.2, 0.25) is 0 Å². The molecule has 1 amide bonds. The Bertz CT molecular complexity index is 634. The fourth-order valence-electron chi connectivity index (χ4n) is 2.60. The molecule has 0 aliphatic heterocycles. The Hall–Kier alpha value is -1.94. The molecular formula is C17H18N2OS. The average molecular weight is 298 g/mol. The molecule has 1 N–H and O–H groups in total. The molecule has 108 valence electrons. The molecule has 2 aromatic rings. The van der Waals surface area contributed by atoms with E-state index in [1.807, 2.05) is 17.5 Å². The Balaban J connectivity index is 1.68. The zero-order chi connectivity index (χ0) is 14.5. The first-order valence-corrected chi connectivity index (χ1v) is 8.18. The van der Waals surface area contributed by atoms with Gasteiger partial charge in [-0.1, -0.05) is 18.2 Å². The van der Waals surface area contributed by atoms with Crippen LogP contribution in [-0.4, -0.2) is 10.9 Å². The Labute approximate surface area is 128 Å². The molecule has 1 unspecified atom stereocenters. The molecule has 1 atom stereocenters. The highest BCUT2D eigenvalue weighted by Gasteiger charge is 2.18. The first-order valence-electron chi connectivity index (χ1n) is 7.24. The maximum Gasteiger partial charge on any atom is 0.223 e.